The summed E-state index contributed by atoms with van der Waals surface area (Å²) in [6.45, 7) is 3.96. The lowest BCUT2D eigenvalue weighted by atomic mass is 9.90. The largest absolute Gasteiger partial charge is 0.345 e. The highest BCUT2D eigenvalue weighted by Gasteiger charge is 2.29. The molecule has 2 atom stereocenters. The van der Waals surface area contributed by atoms with E-state index in [0.29, 0.717) is 6.04 Å². The van der Waals surface area contributed by atoms with Crippen LogP contribution in [0.1, 0.15) is 25.3 Å². The maximum absolute atomic E-state index is 12.4. The Bertz CT molecular complexity index is 404. The van der Waals surface area contributed by atoms with Crippen molar-refractivity contribution < 1.29 is 4.79 Å². The smallest absolute Gasteiger partial charge is 0.226 e. The number of benzene rings is 1. The molecule has 3 nitrogen and oxygen atoms in total. The van der Waals surface area contributed by atoms with Crippen LogP contribution in [0.25, 0.3) is 0 Å². The molecule has 1 aliphatic rings. The van der Waals surface area contributed by atoms with E-state index >= 15 is 0 Å². The van der Waals surface area contributed by atoms with Crippen LogP contribution in [-0.4, -0.2) is 37.0 Å². The molecule has 0 bridgehead atoms. The van der Waals surface area contributed by atoms with Crippen LogP contribution >= 0.6 is 0 Å². The van der Waals surface area contributed by atoms with Crippen molar-refractivity contribution in [2.24, 2.45) is 5.92 Å². The molecule has 1 aliphatic heterocycles. The van der Waals surface area contributed by atoms with Gasteiger partial charge in [0, 0.05) is 19.6 Å². The highest BCUT2D eigenvalue weighted by molar-refractivity contribution is 5.79. The minimum atomic E-state index is 0.148. The summed E-state index contributed by atoms with van der Waals surface area (Å²) in [4.78, 5) is 14.3. The molecule has 1 aromatic carbocycles. The number of hydrogen-bond acceptors (Lipinski definition) is 2. The zero-order valence-corrected chi connectivity index (χ0v) is 11.9. The van der Waals surface area contributed by atoms with Crippen LogP contribution in [0.5, 0.6) is 0 Å². The molecule has 1 amide bonds. The number of nitrogens with zero attached hydrogens (tertiary/aromatic N) is 1. The fourth-order valence-corrected chi connectivity index (χ4v) is 2.72. The van der Waals surface area contributed by atoms with E-state index in [-0.39, 0.29) is 11.8 Å². The van der Waals surface area contributed by atoms with E-state index in [1.807, 2.05) is 30.1 Å². The van der Waals surface area contributed by atoms with E-state index < -0.39 is 0 Å². The van der Waals surface area contributed by atoms with Gasteiger partial charge < -0.3 is 10.2 Å². The fourth-order valence-electron chi connectivity index (χ4n) is 2.72. The molecular weight excluding hydrogens is 236 g/mol. The number of hydrogen-bond donors (Lipinski definition) is 1. The first-order valence-corrected chi connectivity index (χ1v) is 7.21. The molecule has 1 aromatic rings. The van der Waals surface area contributed by atoms with Gasteiger partial charge in [0.05, 0.1) is 5.92 Å². The number of rotatable bonds is 4. The zero-order chi connectivity index (χ0) is 13.7. The Labute approximate surface area is 116 Å². The predicted molar refractivity (Wildman–Crippen MR) is 78.0 cm³/mol. The third-order valence-electron chi connectivity index (χ3n) is 4.03. The number of carbonyl (C=O) groups excluding carboxylic acids is 1. The van der Waals surface area contributed by atoms with Gasteiger partial charge in [-0.05, 0) is 38.3 Å². The molecule has 0 spiro atoms. The predicted octanol–water partition coefficient (Wildman–Crippen LogP) is 2.08. The second-order valence-electron chi connectivity index (χ2n) is 5.49. The molecule has 0 radical (unpaired) electrons. The summed E-state index contributed by atoms with van der Waals surface area (Å²) < 4.78 is 0. The van der Waals surface area contributed by atoms with E-state index in [1.165, 1.54) is 5.56 Å². The van der Waals surface area contributed by atoms with Crippen LogP contribution in [0.3, 0.4) is 0 Å². The maximum Gasteiger partial charge on any atom is 0.226 e. The van der Waals surface area contributed by atoms with Gasteiger partial charge in [0.25, 0.3) is 0 Å². The summed E-state index contributed by atoms with van der Waals surface area (Å²) >= 11 is 0. The average molecular weight is 260 g/mol. The molecule has 0 aliphatic carbocycles. The molecule has 2 unspecified atom stereocenters. The quantitative estimate of drug-likeness (QED) is 0.899. The molecule has 1 N–H and O–H groups in total. The van der Waals surface area contributed by atoms with Crippen molar-refractivity contribution in [2.45, 2.75) is 32.2 Å². The molecule has 19 heavy (non-hydrogen) atoms. The Kier molecular flexibility index (Phi) is 4.97. The molecule has 0 saturated carbocycles. The van der Waals surface area contributed by atoms with Gasteiger partial charge in [-0.15, -0.1) is 0 Å². The van der Waals surface area contributed by atoms with Gasteiger partial charge in [0.2, 0.25) is 5.91 Å². The highest BCUT2D eigenvalue weighted by atomic mass is 16.2. The first kappa shape index (κ1) is 14.1. The first-order valence-electron chi connectivity index (χ1n) is 7.21. The summed E-state index contributed by atoms with van der Waals surface area (Å²) in [5.74, 6) is 0.435. The Balaban J connectivity index is 1.85. The Morgan fingerprint density at radius 2 is 2.11 bits per heavy atom. The molecule has 0 aromatic heterocycles. The highest BCUT2D eigenvalue weighted by Crippen LogP contribution is 2.18. The van der Waals surface area contributed by atoms with E-state index in [9.17, 15) is 4.79 Å². The zero-order valence-electron chi connectivity index (χ0n) is 11.9. The van der Waals surface area contributed by atoms with Crippen LogP contribution in [-0.2, 0) is 11.2 Å². The van der Waals surface area contributed by atoms with Gasteiger partial charge >= 0.3 is 0 Å². The van der Waals surface area contributed by atoms with Crippen LogP contribution in [0, 0.1) is 5.92 Å². The molecular formula is C16H24N2O. The van der Waals surface area contributed by atoms with Crippen LogP contribution in [0.4, 0.5) is 0 Å². The number of nitrogens with one attached hydrogen (secondary N) is 1. The lowest BCUT2D eigenvalue weighted by molar-refractivity contribution is -0.135. The minimum Gasteiger partial charge on any atom is -0.345 e. The summed E-state index contributed by atoms with van der Waals surface area (Å²) in [5, 5.41) is 3.39. The molecule has 104 valence electrons. The van der Waals surface area contributed by atoms with Gasteiger partial charge in [0.1, 0.15) is 0 Å². The van der Waals surface area contributed by atoms with Crippen molar-refractivity contribution in [3.05, 3.63) is 35.9 Å². The van der Waals surface area contributed by atoms with Crippen molar-refractivity contribution >= 4 is 5.91 Å². The normalized spacial score (nSPS) is 23.1. The lowest BCUT2D eigenvalue weighted by Gasteiger charge is -2.32. The lowest BCUT2D eigenvalue weighted by Crippen LogP contribution is -2.47. The topological polar surface area (TPSA) is 32.3 Å². The summed E-state index contributed by atoms with van der Waals surface area (Å²) in [5.41, 5.74) is 1.29. The van der Waals surface area contributed by atoms with E-state index in [2.05, 4.69) is 24.4 Å². The average Bonchev–Trinajstić information content (AvgIpc) is 2.45. The summed E-state index contributed by atoms with van der Waals surface area (Å²) in [6, 6.07) is 10.6. The van der Waals surface area contributed by atoms with Gasteiger partial charge in [-0.1, -0.05) is 30.3 Å². The maximum atomic E-state index is 12.4. The third-order valence-corrected chi connectivity index (χ3v) is 4.03. The Morgan fingerprint density at radius 1 is 1.37 bits per heavy atom. The number of likely N-dealkylation sites (N-methyl/N-ethyl adjacent to an activating group) is 1. The number of carbonyl (C=O) groups is 1. The monoisotopic (exact) mass is 260 g/mol. The Morgan fingerprint density at radius 3 is 2.79 bits per heavy atom. The van der Waals surface area contributed by atoms with Crippen LogP contribution in [0.2, 0.25) is 0 Å². The van der Waals surface area contributed by atoms with Crippen molar-refractivity contribution in [1.29, 1.82) is 0 Å². The van der Waals surface area contributed by atoms with Crippen LogP contribution < -0.4 is 5.32 Å². The van der Waals surface area contributed by atoms with Gasteiger partial charge in [-0.2, -0.15) is 0 Å². The number of piperidine rings is 1. The molecule has 3 heteroatoms. The van der Waals surface area contributed by atoms with E-state index in [1.54, 1.807) is 0 Å². The minimum absolute atomic E-state index is 0.148. The van der Waals surface area contributed by atoms with Gasteiger partial charge in [-0.25, -0.2) is 0 Å². The summed E-state index contributed by atoms with van der Waals surface area (Å²) in [6.07, 6.45) is 3.05. The molecule has 1 saturated heterocycles. The standard InChI is InChI=1S/C16H24N2O/c1-13-15(9-6-11-17-13)16(19)18(2)12-10-14-7-4-3-5-8-14/h3-5,7-8,13,15,17H,6,9-12H2,1-2H3. The summed E-state index contributed by atoms with van der Waals surface area (Å²) in [7, 11) is 1.92. The van der Waals surface area contributed by atoms with Crippen molar-refractivity contribution in [3.63, 3.8) is 0 Å². The SMILES string of the molecule is CC1NCCCC1C(=O)N(C)CCc1ccccc1. The molecule has 1 fully saturated rings. The molecule has 2 rings (SSSR count). The fraction of sp³-hybridized carbons (Fsp3) is 0.562. The van der Waals surface area contributed by atoms with Gasteiger partial charge in [0.15, 0.2) is 0 Å². The second-order valence-corrected chi connectivity index (χ2v) is 5.49. The van der Waals surface area contributed by atoms with E-state index in [0.717, 1.165) is 32.4 Å². The van der Waals surface area contributed by atoms with Crippen molar-refractivity contribution in [1.82, 2.24) is 10.2 Å². The van der Waals surface area contributed by atoms with Crippen molar-refractivity contribution in [3.8, 4) is 0 Å². The molecule has 1 heterocycles. The van der Waals surface area contributed by atoms with Crippen molar-refractivity contribution in [2.75, 3.05) is 20.1 Å². The van der Waals surface area contributed by atoms with Gasteiger partial charge in [-0.3, -0.25) is 4.79 Å². The first-order chi connectivity index (χ1) is 9.18. The van der Waals surface area contributed by atoms with E-state index in [4.69, 9.17) is 0 Å². The van der Waals surface area contributed by atoms with Crippen LogP contribution in [0.15, 0.2) is 30.3 Å². The third kappa shape index (κ3) is 3.80. The second kappa shape index (κ2) is 6.71. The Hall–Kier alpha value is -1.35. The number of amides is 1.